The van der Waals surface area contributed by atoms with Crippen LogP contribution < -0.4 is 16.4 Å². The number of H-pyrrole nitrogens is 1. The van der Waals surface area contributed by atoms with Crippen LogP contribution in [0.5, 0.6) is 0 Å². The monoisotopic (exact) mass is 397 g/mol. The van der Waals surface area contributed by atoms with Crippen LogP contribution in [-0.4, -0.2) is 15.5 Å². The molecule has 0 saturated carbocycles. The summed E-state index contributed by atoms with van der Waals surface area (Å²) in [6.07, 6.45) is 0. The number of benzene rings is 2. The van der Waals surface area contributed by atoms with Crippen molar-refractivity contribution in [3.05, 3.63) is 80.1 Å². The van der Waals surface area contributed by atoms with Gasteiger partial charge in [0.2, 0.25) is 0 Å². The summed E-state index contributed by atoms with van der Waals surface area (Å²) in [4.78, 5) is 39.4. The zero-order valence-electron chi connectivity index (χ0n) is 16.9. The van der Waals surface area contributed by atoms with Gasteiger partial charge in [0.25, 0.3) is 5.91 Å². The van der Waals surface area contributed by atoms with E-state index in [-0.39, 0.29) is 23.2 Å². The van der Waals surface area contributed by atoms with Gasteiger partial charge in [-0.15, -0.1) is 0 Å². The summed E-state index contributed by atoms with van der Waals surface area (Å²) >= 11 is 0. The first-order chi connectivity index (χ1) is 13.6. The molecule has 0 radical (unpaired) electrons. The van der Waals surface area contributed by atoms with Crippen molar-refractivity contribution in [2.24, 2.45) is 5.41 Å². The maximum Gasteiger partial charge on any atom is 0.316 e. The van der Waals surface area contributed by atoms with E-state index in [0.717, 1.165) is 5.56 Å². The molecule has 0 aliphatic carbocycles. The Morgan fingerprint density at radius 3 is 2.38 bits per heavy atom. The lowest BCUT2D eigenvalue weighted by Crippen LogP contribution is -2.37. The molecule has 6 nitrogen and oxygen atoms in total. The predicted molar refractivity (Wildman–Crippen MR) is 111 cm³/mol. The third-order valence-corrected chi connectivity index (χ3v) is 4.90. The SMILES string of the molecule is CCn1c(=O)c(=O)[nH]c2cc(C(=O)NC(c3ccc(F)cc3)C(C)(C)C)ccc21. The fourth-order valence-corrected chi connectivity index (χ4v) is 3.40. The molecule has 0 fully saturated rings. The van der Waals surface area contributed by atoms with Gasteiger partial charge < -0.3 is 14.9 Å². The first kappa shape index (κ1) is 20.5. The number of fused-ring (bicyclic) bond motifs is 1. The van der Waals surface area contributed by atoms with E-state index < -0.39 is 11.1 Å². The highest BCUT2D eigenvalue weighted by Gasteiger charge is 2.28. The summed E-state index contributed by atoms with van der Waals surface area (Å²) in [5.74, 6) is -0.667. The molecule has 1 heterocycles. The van der Waals surface area contributed by atoms with Gasteiger partial charge in [0.15, 0.2) is 0 Å². The van der Waals surface area contributed by atoms with Crippen molar-refractivity contribution in [1.29, 1.82) is 0 Å². The average Bonchev–Trinajstić information content (AvgIpc) is 2.66. The molecule has 1 atom stereocenters. The molecule has 0 aliphatic rings. The zero-order chi connectivity index (χ0) is 21.3. The Kier molecular flexibility index (Phi) is 5.42. The van der Waals surface area contributed by atoms with Crippen molar-refractivity contribution < 1.29 is 9.18 Å². The summed E-state index contributed by atoms with van der Waals surface area (Å²) in [7, 11) is 0. The molecule has 152 valence electrons. The lowest BCUT2D eigenvalue weighted by atomic mass is 9.82. The third-order valence-electron chi connectivity index (χ3n) is 4.90. The van der Waals surface area contributed by atoms with Gasteiger partial charge in [-0.05, 0) is 48.2 Å². The van der Waals surface area contributed by atoms with E-state index in [4.69, 9.17) is 0 Å². The van der Waals surface area contributed by atoms with E-state index in [1.165, 1.54) is 16.7 Å². The highest BCUT2D eigenvalue weighted by molar-refractivity contribution is 5.97. The summed E-state index contributed by atoms with van der Waals surface area (Å²) in [6.45, 7) is 8.08. The Balaban J connectivity index is 1.99. The number of carbonyl (C=O) groups excluding carboxylic acids is 1. The van der Waals surface area contributed by atoms with Gasteiger partial charge >= 0.3 is 11.1 Å². The van der Waals surface area contributed by atoms with Gasteiger partial charge in [0.05, 0.1) is 17.1 Å². The number of aromatic nitrogens is 2. The standard InChI is InChI=1S/C22H24FN3O3/c1-5-26-17-11-8-14(12-16(17)24-20(28)21(26)29)19(27)25-18(22(2,3)4)13-6-9-15(23)10-7-13/h6-12,18H,5H2,1-4H3,(H,24,28)(H,25,27). The molecule has 1 amide bonds. The summed E-state index contributed by atoms with van der Waals surface area (Å²) in [5, 5.41) is 3.01. The summed E-state index contributed by atoms with van der Waals surface area (Å²) in [5.41, 5.74) is 0.448. The Bertz CT molecular complexity index is 1170. The van der Waals surface area contributed by atoms with Crippen LogP contribution in [0.15, 0.2) is 52.1 Å². The minimum atomic E-state index is -0.726. The first-order valence-electron chi connectivity index (χ1n) is 9.45. The summed E-state index contributed by atoms with van der Waals surface area (Å²) in [6, 6.07) is 10.5. The maximum atomic E-state index is 13.3. The Labute approximate surface area is 167 Å². The predicted octanol–water partition coefficient (Wildman–Crippen LogP) is 3.37. The highest BCUT2D eigenvalue weighted by Crippen LogP contribution is 2.33. The lowest BCUT2D eigenvalue weighted by molar-refractivity contribution is 0.0902. The normalized spacial score (nSPS) is 12.7. The number of aryl methyl sites for hydroxylation is 1. The molecular formula is C22H24FN3O3. The van der Waals surface area contributed by atoms with E-state index in [9.17, 15) is 18.8 Å². The molecule has 0 saturated heterocycles. The number of amides is 1. The molecule has 1 aromatic heterocycles. The van der Waals surface area contributed by atoms with Crippen LogP contribution in [0.25, 0.3) is 11.0 Å². The minimum absolute atomic E-state index is 0.318. The van der Waals surface area contributed by atoms with Crippen LogP contribution in [-0.2, 0) is 6.54 Å². The van der Waals surface area contributed by atoms with Crippen LogP contribution in [0.3, 0.4) is 0 Å². The zero-order valence-corrected chi connectivity index (χ0v) is 16.9. The number of nitrogens with one attached hydrogen (secondary N) is 2. The van der Waals surface area contributed by atoms with Gasteiger partial charge in [-0.25, -0.2) is 4.39 Å². The van der Waals surface area contributed by atoms with Crippen LogP contribution in [0.2, 0.25) is 0 Å². The van der Waals surface area contributed by atoms with Gasteiger partial charge in [0.1, 0.15) is 5.82 Å². The molecule has 29 heavy (non-hydrogen) atoms. The fraction of sp³-hybridized carbons (Fsp3) is 0.318. The van der Waals surface area contributed by atoms with Crippen molar-refractivity contribution in [3.63, 3.8) is 0 Å². The smallest absolute Gasteiger partial charge is 0.316 e. The number of aromatic amines is 1. The Morgan fingerprint density at radius 1 is 1.14 bits per heavy atom. The molecule has 0 spiro atoms. The topological polar surface area (TPSA) is 84.0 Å². The second-order valence-corrected chi connectivity index (χ2v) is 8.06. The molecule has 0 bridgehead atoms. The molecule has 3 rings (SSSR count). The number of nitrogens with zero attached hydrogens (tertiary/aromatic N) is 1. The Hall–Kier alpha value is -3.22. The van der Waals surface area contributed by atoms with Crippen LogP contribution in [0, 0.1) is 11.2 Å². The van der Waals surface area contributed by atoms with Crippen molar-refractivity contribution in [2.45, 2.75) is 40.3 Å². The van der Waals surface area contributed by atoms with Crippen molar-refractivity contribution >= 4 is 16.9 Å². The van der Waals surface area contributed by atoms with E-state index >= 15 is 0 Å². The van der Waals surface area contributed by atoms with Gasteiger partial charge in [-0.3, -0.25) is 14.4 Å². The minimum Gasteiger partial charge on any atom is -0.345 e. The first-order valence-corrected chi connectivity index (χ1v) is 9.45. The molecular weight excluding hydrogens is 373 g/mol. The molecule has 2 aromatic carbocycles. The molecule has 2 N–H and O–H groups in total. The molecule has 3 aromatic rings. The van der Waals surface area contributed by atoms with E-state index in [1.807, 2.05) is 20.8 Å². The average molecular weight is 397 g/mol. The van der Waals surface area contributed by atoms with Gasteiger partial charge in [0, 0.05) is 12.1 Å². The molecule has 7 heteroatoms. The van der Waals surface area contributed by atoms with Gasteiger partial charge in [-0.1, -0.05) is 32.9 Å². The number of rotatable bonds is 4. The molecule has 1 unspecified atom stereocenters. The maximum absolute atomic E-state index is 13.3. The van der Waals surface area contributed by atoms with E-state index in [1.54, 1.807) is 37.3 Å². The van der Waals surface area contributed by atoms with Crippen LogP contribution in [0.4, 0.5) is 4.39 Å². The second-order valence-electron chi connectivity index (χ2n) is 8.06. The van der Waals surface area contributed by atoms with E-state index in [2.05, 4.69) is 10.3 Å². The van der Waals surface area contributed by atoms with Crippen molar-refractivity contribution in [2.75, 3.05) is 0 Å². The Morgan fingerprint density at radius 2 is 1.79 bits per heavy atom. The lowest BCUT2D eigenvalue weighted by Gasteiger charge is -2.32. The number of hydrogen-bond acceptors (Lipinski definition) is 3. The van der Waals surface area contributed by atoms with Crippen molar-refractivity contribution in [1.82, 2.24) is 14.9 Å². The largest absolute Gasteiger partial charge is 0.345 e. The number of hydrogen-bond donors (Lipinski definition) is 2. The fourth-order valence-electron chi connectivity index (χ4n) is 3.40. The van der Waals surface area contributed by atoms with Gasteiger partial charge in [-0.2, -0.15) is 0 Å². The number of carbonyl (C=O) groups is 1. The second kappa shape index (κ2) is 7.66. The van der Waals surface area contributed by atoms with E-state index in [0.29, 0.717) is 23.1 Å². The third kappa shape index (κ3) is 4.13. The van der Waals surface area contributed by atoms with Crippen LogP contribution >= 0.6 is 0 Å². The summed E-state index contributed by atoms with van der Waals surface area (Å²) < 4.78 is 14.7. The quantitative estimate of drug-likeness (QED) is 0.662. The highest BCUT2D eigenvalue weighted by atomic mass is 19.1. The van der Waals surface area contributed by atoms with Crippen molar-refractivity contribution in [3.8, 4) is 0 Å². The van der Waals surface area contributed by atoms with Crippen LogP contribution in [0.1, 0.15) is 49.7 Å². The number of halogens is 1. The molecule has 0 aliphatic heterocycles.